The molecule has 0 saturated heterocycles. The molecule has 4 rings (SSSR count). The number of carbonyl (C=O) groups excluding carboxylic acids is 1. The third kappa shape index (κ3) is 5.06. The van der Waals surface area contributed by atoms with Gasteiger partial charge in [-0.3, -0.25) is 4.79 Å². The number of hydrogen-bond donors (Lipinski definition) is 1. The molecule has 3 aromatic carbocycles. The highest BCUT2D eigenvalue weighted by Gasteiger charge is 2.14. The molecule has 0 aliphatic heterocycles. The van der Waals surface area contributed by atoms with Crippen LogP contribution in [0.25, 0.3) is 11.0 Å². The number of fused-ring (bicyclic) bond motifs is 1. The normalized spacial score (nSPS) is 10.7. The van der Waals surface area contributed by atoms with E-state index < -0.39 is 0 Å². The van der Waals surface area contributed by atoms with Gasteiger partial charge in [0.15, 0.2) is 11.5 Å². The van der Waals surface area contributed by atoms with Crippen molar-refractivity contribution in [2.24, 2.45) is 0 Å². The van der Waals surface area contributed by atoms with E-state index in [4.69, 9.17) is 23.9 Å². The first kappa shape index (κ1) is 23.0. The predicted molar refractivity (Wildman–Crippen MR) is 129 cm³/mol. The van der Waals surface area contributed by atoms with Crippen molar-refractivity contribution in [3.8, 4) is 23.0 Å². The van der Waals surface area contributed by atoms with Gasteiger partial charge in [0.25, 0.3) is 5.91 Å². The fourth-order valence-corrected chi connectivity index (χ4v) is 3.68. The van der Waals surface area contributed by atoms with E-state index in [0.29, 0.717) is 30.2 Å². The Balaban J connectivity index is 1.46. The van der Waals surface area contributed by atoms with Crippen LogP contribution in [0.4, 0.5) is 0 Å². The lowest BCUT2D eigenvalue weighted by Gasteiger charge is -2.12. The summed E-state index contributed by atoms with van der Waals surface area (Å²) >= 11 is 0. The summed E-state index contributed by atoms with van der Waals surface area (Å²) in [6.45, 7) is 1.29. The number of amides is 1. The Labute approximate surface area is 198 Å². The molecule has 0 radical (unpaired) electrons. The SMILES string of the molecule is COc1ccc(OCCn2c(CNC(=O)c3ccc(OC)c(OC)c3)nc3ccccc32)cc1. The maximum Gasteiger partial charge on any atom is 0.251 e. The summed E-state index contributed by atoms with van der Waals surface area (Å²) in [7, 11) is 4.72. The molecule has 0 spiro atoms. The van der Waals surface area contributed by atoms with Gasteiger partial charge in [-0.25, -0.2) is 4.98 Å². The van der Waals surface area contributed by atoms with Crippen molar-refractivity contribution in [3.63, 3.8) is 0 Å². The number of rotatable bonds is 10. The lowest BCUT2D eigenvalue weighted by Crippen LogP contribution is -2.25. The fourth-order valence-electron chi connectivity index (χ4n) is 3.68. The van der Waals surface area contributed by atoms with Crippen molar-refractivity contribution in [1.29, 1.82) is 0 Å². The highest BCUT2D eigenvalue weighted by atomic mass is 16.5. The van der Waals surface area contributed by atoms with E-state index in [1.807, 2.05) is 48.5 Å². The molecule has 1 aromatic heterocycles. The second-order valence-corrected chi connectivity index (χ2v) is 7.44. The monoisotopic (exact) mass is 461 g/mol. The number of methoxy groups -OCH3 is 3. The third-order valence-electron chi connectivity index (χ3n) is 5.43. The lowest BCUT2D eigenvalue weighted by molar-refractivity contribution is 0.0949. The third-order valence-corrected chi connectivity index (χ3v) is 5.43. The zero-order valence-corrected chi connectivity index (χ0v) is 19.4. The largest absolute Gasteiger partial charge is 0.497 e. The maximum atomic E-state index is 12.8. The van der Waals surface area contributed by atoms with Gasteiger partial charge >= 0.3 is 0 Å². The van der Waals surface area contributed by atoms with Crippen LogP contribution in [0.3, 0.4) is 0 Å². The summed E-state index contributed by atoms with van der Waals surface area (Å²) in [6.07, 6.45) is 0. The molecule has 4 aromatic rings. The second-order valence-electron chi connectivity index (χ2n) is 7.44. The van der Waals surface area contributed by atoms with Crippen LogP contribution in [0.1, 0.15) is 16.2 Å². The first-order valence-electron chi connectivity index (χ1n) is 10.8. The van der Waals surface area contributed by atoms with Crippen LogP contribution in [0.5, 0.6) is 23.0 Å². The van der Waals surface area contributed by atoms with Crippen molar-refractivity contribution in [2.75, 3.05) is 27.9 Å². The van der Waals surface area contributed by atoms with Crippen molar-refractivity contribution < 1.29 is 23.7 Å². The Hall–Kier alpha value is -4.20. The standard InChI is InChI=1S/C26H27N3O5/c1-31-19-9-11-20(12-10-19)34-15-14-29-22-7-5-4-6-21(22)28-25(29)17-27-26(30)18-8-13-23(32-2)24(16-18)33-3/h4-13,16H,14-15,17H2,1-3H3,(H,27,30). The minimum Gasteiger partial charge on any atom is -0.497 e. The summed E-state index contributed by atoms with van der Waals surface area (Å²) in [5.74, 6) is 3.12. The predicted octanol–water partition coefficient (Wildman–Crippen LogP) is 4.07. The molecule has 1 N–H and O–H groups in total. The minimum absolute atomic E-state index is 0.228. The second kappa shape index (κ2) is 10.6. The number of hydrogen-bond acceptors (Lipinski definition) is 6. The minimum atomic E-state index is -0.228. The zero-order chi connectivity index (χ0) is 23.9. The molecule has 0 bridgehead atoms. The Bertz CT molecular complexity index is 1270. The molecule has 0 aliphatic rings. The molecule has 176 valence electrons. The van der Waals surface area contributed by atoms with Crippen LogP contribution in [-0.4, -0.2) is 43.4 Å². The van der Waals surface area contributed by atoms with Gasteiger partial charge in [0.2, 0.25) is 0 Å². The number of imidazole rings is 1. The molecule has 1 heterocycles. The quantitative estimate of drug-likeness (QED) is 0.383. The van der Waals surface area contributed by atoms with Crippen LogP contribution < -0.4 is 24.3 Å². The molecule has 1 amide bonds. The highest BCUT2D eigenvalue weighted by molar-refractivity contribution is 5.94. The Morgan fingerprint density at radius 3 is 2.35 bits per heavy atom. The molecule has 8 heteroatoms. The summed E-state index contributed by atoms with van der Waals surface area (Å²) in [5.41, 5.74) is 2.32. The zero-order valence-electron chi connectivity index (χ0n) is 19.4. The van der Waals surface area contributed by atoms with E-state index in [1.54, 1.807) is 32.4 Å². The number of para-hydroxylation sites is 2. The summed E-state index contributed by atoms with van der Waals surface area (Å²) < 4.78 is 23.7. The average molecular weight is 462 g/mol. The Kier molecular flexibility index (Phi) is 7.17. The molecule has 0 unspecified atom stereocenters. The number of ether oxygens (including phenoxy) is 4. The molecule has 0 aliphatic carbocycles. The van der Waals surface area contributed by atoms with E-state index in [0.717, 1.165) is 28.4 Å². The first-order valence-corrected chi connectivity index (χ1v) is 10.8. The van der Waals surface area contributed by atoms with E-state index in [2.05, 4.69) is 9.88 Å². The van der Waals surface area contributed by atoms with Gasteiger partial charge in [0.05, 0.1) is 45.5 Å². The molecular formula is C26H27N3O5. The van der Waals surface area contributed by atoms with E-state index >= 15 is 0 Å². The van der Waals surface area contributed by atoms with E-state index in [-0.39, 0.29) is 12.5 Å². The van der Waals surface area contributed by atoms with E-state index in [1.165, 1.54) is 7.11 Å². The van der Waals surface area contributed by atoms with Gasteiger partial charge in [-0.15, -0.1) is 0 Å². The number of nitrogens with zero attached hydrogens (tertiary/aromatic N) is 2. The fraction of sp³-hybridized carbons (Fsp3) is 0.231. The average Bonchev–Trinajstić information content (AvgIpc) is 3.24. The summed E-state index contributed by atoms with van der Waals surface area (Å²) in [4.78, 5) is 17.5. The molecule has 34 heavy (non-hydrogen) atoms. The maximum absolute atomic E-state index is 12.8. The van der Waals surface area contributed by atoms with Gasteiger partial charge < -0.3 is 28.8 Å². The highest BCUT2D eigenvalue weighted by Crippen LogP contribution is 2.27. The molecule has 0 atom stereocenters. The topological polar surface area (TPSA) is 83.8 Å². The van der Waals surface area contributed by atoms with Crippen LogP contribution in [0, 0.1) is 0 Å². The number of nitrogens with one attached hydrogen (secondary N) is 1. The number of carbonyl (C=O) groups is 1. The van der Waals surface area contributed by atoms with Crippen molar-refractivity contribution in [3.05, 3.63) is 78.1 Å². The van der Waals surface area contributed by atoms with Crippen molar-refractivity contribution in [2.45, 2.75) is 13.1 Å². The van der Waals surface area contributed by atoms with E-state index in [9.17, 15) is 4.79 Å². The lowest BCUT2D eigenvalue weighted by atomic mass is 10.2. The first-order chi connectivity index (χ1) is 16.6. The van der Waals surface area contributed by atoms with Crippen LogP contribution in [-0.2, 0) is 13.1 Å². The smallest absolute Gasteiger partial charge is 0.251 e. The summed E-state index contributed by atoms with van der Waals surface area (Å²) in [6, 6.07) is 20.4. The van der Waals surface area contributed by atoms with Gasteiger partial charge in [-0.2, -0.15) is 0 Å². The van der Waals surface area contributed by atoms with Gasteiger partial charge in [-0.05, 0) is 54.6 Å². The Morgan fingerprint density at radius 1 is 0.882 bits per heavy atom. The van der Waals surface area contributed by atoms with Crippen LogP contribution >= 0.6 is 0 Å². The van der Waals surface area contributed by atoms with Crippen molar-refractivity contribution in [1.82, 2.24) is 14.9 Å². The number of aromatic nitrogens is 2. The molecule has 0 fully saturated rings. The molecule has 0 saturated carbocycles. The summed E-state index contributed by atoms with van der Waals surface area (Å²) in [5, 5.41) is 2.95. The van der Waals surface area contributed by atoms with Crippen molar-refractivity contribution >= 4 is 16.9 Å². The Morgan fingerprint density at radius 2 is 1.62 bits per heavy atom. The van der Waals surface area contributed by atoms with Gasteiger partial charge in [0.1, 0.15) is 23.9 Å². The molecular weight excluding hydrogens is 434 g/mol. The van der Waals surface area contributed by atoms with Crippen LogP contribution in [0.2, 0.25) is 0 Å². The number of benzene rings is 3. The molecule has 8 nitrogen and oxygen atoms in total. The van der Waals surface area contributed by atoms with Gasteiger partial charge in [0, 0.05) is 5.56 Å². The van der Waals surface area contributed by atoms with Gasteiger partial charge in [-0.1, -0.05) is 12.1 Å². The van der Waals surface area contributed by atoms with Crippen LogP contribution in [0.15, 0.2) is 66.7 Å².